The summed E-state index contributed by atoms with van der Waals surface area (Å²) in [6.45, 7) is 14.9. The van der Waals surface area contributed by atoms with Crippen molar-refractivity contribution in [3.05, 3.63) is 71.8 Å². The van der Waals surface area contributed by atoms with E-state index in [9.17, 15) is 14.0 Å². The molecule has 0 spiro atoms. The summed E-state index contributed by atoms with van der Waals surface area (Å²) in [5.41, 5.74) is 6.57. The van der Waals surface area contributed by atoms with Crippen molar-refractivity contribution < 1.29 is 18.7 Å². The van der Waals surface area contributed by atoms with Crippen LogP contribution in [0.5, 0.6) is 0 Å². The summed E-state index contributed by atoms with van der Waals surface area (Å²) in [5.74, 6) is -0.316. The molecular weight excluding hydrogens is 383 g/mol. The van der Waals surface area contributed by atoms with E-state index in [1.54, 1.807) is 39.0 Å². The highest BCUT2D eigenvalue weighted by Gasteiger charge is 2.29. The number of carbonyl (C=O) groups excluding carboxylic acids is 2. The van der Waals surface area contributed by atoms with E-state index in [4.69, 9.17) is 10.5 Å². The smallest absolute Gasteiger partial charge is 0.416 e. The van der Waals surface area contributed by atoms with Crippen molar-refractivity contribution in [2.75, 3.05) is 0 Å². The third kappa shape index (κ3) is 7.85. The van der Waals surface area contributed by atoms with Crippen LogP contribution >= 0.6 is 0 Å². The molecule has 5 nitrogen and oxygen atoms in total. The number of rotatable bonds is 8. The van der Waals surface area contributed by atoms with Crippen molar-refractivity contribution in [2.45, 2.75) is 59.6 Å². The van der Waals surface area contributed by atoms with Gasteiger partial charge in [0.15, 0.2) is 5.78 Å². The Morgan fingerprint density at radius 2 is 1.77 bits per heavy atom. The SMILES string of the molecule is C=C/C=C(\C=C(/N)N(C(=O)OC(C)(C)C)C(C)C(C)C)CC(=O)c1ccc(F)cc1. The van der Waals surface area contributed by atoms with Gasteiger partial charge in [-0.3, -0.25) is 9.69 Å². The second-order valence-corrected chi connectivity index (χ2v) is 8.49. The fourth-order valence-corrected chi connectivity index (χ4v) is 2.61. The summed E-state index contributed by atoms with van der Waals surface area (Å²) in [7, 11) is 0. The number of ketones is 1. The van der Waals surface area contributed by atoms with Crippen LogP contribution in [0.25, 0.3) is 0 Å². The van der Waals surface area contributed by atoms with Crippen LogP contribution in [0.4, 0.5) is 9.18 Å². The van der Waals surface area contributed by atoms with Crippen molar-refractivity contribution in [1.29, 1.82) is 0 Å². The molecule has 164 valence electrons. The molecule has 1 aromatic rings. The number of amides is 1. The molecule has 1 unspecified atom stereocenters. The number of nitrogens with zero attached hydrogens (tertiary/aromatic N) is 1. The Kier molecular flexibility index (Phi) is 9.02. The van der Waals surface area contributed by atoms with E-state index < -0.39 is 17.5 Å². The molecule has 0 aliphatic carbocycles. The second-order valence-electron chi connectivity index (χ2n) is 8.49. The van der Waals surface area contributed by atoms with Gasteiger partial charge in [0.2, 0.25) is 0 Å². The van der Waals surface area contributed by atoms with Crippen LogP contribution in [0.2, 0.25) is 0 Å². The van der Waals surface area contributed by atoms with E-state index >= 15 is 0 Å². The highest BCUT2D eigenvalue weighted by atomic mass is 19.1. The largest absolute Gasteiger partial charge is 0.443 e. The van der Waals surface area contributed by atoms with Crippen LogP contribution in [-0.2, 0) is 4.74 Å². The Morgan fingerprint density at radius 3 is 2.23 bits per heavy atom. The molecule has 0 bridgehead atoms. The zero-order valence-electron chi connectivity index (χ0n) is 18.7. The Morgan fingerprint density at radius 1 is 1.20 bits per heavy atom. The molecule has 0 heterocycles. The summed E-state index contributed by atoms with van der Waals surface area (Å²) in [4.78, 5) is 26.8. The summed E-state index contributed by atoms with van der Waals surface area (Å²) in [6, 6.07) is 5.12. The minimum absolute atomic E-state index is 0.0244. The van der Waals surface area contributed by atoms with Crippen LogP contribution in [0.15, 0.2) is 60.5 Å². The van der Waals surface area contributed by atoms with Gasteiger partial charge in [-0.1, -0.05) is 32.6 Å². The quantitative estimate of drug-likeness (QED) is 0.443. The first-order chi connectivity index (χ1) is 13.9. The molecule has 0 aliphatic heterocycles. The number of Topliss-reactive ketones (excluding diaryl/α,β-unsaturated/α-hetero) is 1. The normalized spacial score (nSPS) is 13.7. The van der Waals surface area contributed by atoms with E-state index in [0.717, 1.165) is 0 Å². The Labute approximate surface area is 179 Å². The van der Waals surface area contributed by atoms with Crippen molar-refractivity contribution in [3.8, 4) is 0 Å². The predicted molar refractivity (Wildman–Crippen MR) is 118 cm³/mol. The van der Waals surface area contributed by atoms with E-state index in [0.29, 0.717) is 11.1 Å². The molecule has 0 aromatic heterocycles. The van der Waals surface area contributed by atoms with Gasteiger partial charge >= 0.3 is 6.09 Å². The molecule has 0 radical (unpaired) electrons. The van der Waals surface area contributed by atoms with E-state index in [1.807, 2.05) is 20.8 Å². The Bertz CT molecular complexity index is 818. The zero-order chi connectivity index (χ0) is 23.1. The maximum atomic E-state index is 13.1. The van der Waals surface area contributed by atoms with Gasteiger partial charge in [0.25, 0.3) is 0 Å². The molecule has 0 saturated carbocycles. The first-order valence-corrected chi connectivity index (χ1v) is 9.95. The fraction of sp³-hybridized carbons (Fsp3) is 0.417. The van der Waals surface area contributed by atoms with E-state index in [1.165, 1.54) is 29.2 Å². The minimum Gasteiger partial charge on any atom is -0.443 e. The van der Waals surface area contributed by atoms with Crippen LogP contribution in [-0.4, -0.2) is 28.4 Å². The van der Waals surface area contributed by atoms with Crippen molar-refractivity contribution >= 4 is 11.9 Å². The van der Waals surface area contributed by atoms with Gasteiger partial charge in [0, 0.05) is 18.0 Å². The van der Waals surface area contributed by atoms with Gasteiger partial charge in [0.1, 0.15) is 17.2 Å². The monoisotopic (exact) mass is 416 g/mol. The molecule has 0 fully saturated rings. The summed E-state index contributed by atoms with van der Waals surface area (Å²) in [5, 5.41) is 0. The number of halogens is 1. The maximum absolute atomic E-state index is 13.1. The Balaban J connectivity index is 3.20. The number of ether oxygens (including phenoxy) is 1. The van der Waals surface area contributed by atoms with Crippen LogP contribution in [0.1, 0.15) is 58.3 Å². The first kappa shape index (κ1) is 25.1. The average molecular weight is 417 g/mol. The molecule has 1 rings (SSSR count). The predicted octanol–water partition coefficient (Wildman–Crippen LogP) is 5.59. The van der Waals surface area contributed by atoms with E-state index in [2.05, 4.69) is 6.58 Å². The fourth-order valence-electron chi connectivity index (χ4n) is 2.61. The number of allylic oxidation sites excluding steroid dienone is 4. The summed E-state index contributed by atoms with van der Waals surface area (Å²) < 4.78 is 18.6. The third-order valence-electron chi connectivity index (χ3n) is 4.44. The molecule has 2 N–H and O–H groups in total. The lowest BCUT2D eigenvalue weighted by Crippen LogP contribution is -2.45. The molecule has 0 saturated heterocycles. The lowest BCUT2D eigenvalue weighted by Gasteiger charge is -2.33. The lowest BCUT2D eigenvalue weighted by atomic mass is 10.0. The van der Waals surface area contributed by atoms with Crippen LogP contribution in [0, 0.1) is 11.7 Å². The average Bonchev–Trinajstić information content (AvgIpc) is 2.60. The number of hydrogen-bond acceptors (Lipinski definition) is 4. The number of nitrogens with two attached hydrogens (primary N) is 1. The molecule has 1 aromatic carbocycles. The number of hydrogen-bond donors (Lipinski definition) is 1. The van der Waals surface area contributed by atoms with E-state index in [-0.39, 0.29) is 30.0 Å². The first-order valence-electron chi connectivity index (χ1n) is 9.95. The van der Waals surface area contributed by atoms with Crippen LogP contribution in [0.3, 0.4) is 0 Å². The molecular formula is C24H33FN2O3. The molecule has 30 heavy (non-hydrogen) atoms. The van der Waals surface area contributed by atoms with Gasteiger partial charge in [-0.2, -0.15) is 0 Å². The van der Waals surface area contributed by atoms with Gasteiger partial charge < -0.3 is 10.5 Å². The molecule has 6 heteroatoms. The molecule has 1 amide bonds. The molecule has 0 aliphatic rings. The number of carbonyl (C=O) groups is 2. The summed E-state index contributed by atoms with van der Waals surface area (Å²) in [6.07, 6.45) is 4.24. The zero-order valence-corrected chi connectivity index (χ0v) is 18.7. The second kappa shape index (κ2) is 10.8. The maximum Gasteiger partial charge on any atom is 0.416 e. The topological polar surface area (TPSA) is 72.6 Å². The van der Waals surface area contributed by atoms with Gasteiger partial charge in [-0.25, -0.2) is 9.18 Å². The van der Waals surface area contributed by atoms with Crippen LogP contribution < -0.4 is 5.73 Å². The van der Waals surface area contributed by atoms with Crippen molar-refractivity contribution in [1.82, 2.24) is 4.90 Å². The summed E-state index contributed by atoms with van der Waals surface area (Å²) >= 11 is 0. The molecule has 1 atom stereocenters. The third-order valence-corrected chi connectivity index (χ3v) is 4.44. The van der Waals surface area contributed by atoms with Gasteiger partial charge in [0.05, 0.1) is 0 Å². The van der Waals surface area contributed by atoms with Gasteiger partial charge in [-0.15, -0.1) is 0 Å². The lowest BCUT2D eigenvalue weighted by molar-refractivity contribution is 0.0214. The van der Waals surface area contributed by atoms with Crippen molar-refractivity contribution in [2.24, 2.45) is 11.7 Å². The minimum atomic E-state index is -0.676. The van der Waals surface area contributed by atoms with Gasteiger partial charge in [-0.05, 0) is 69.5 Å². The highest BCUT2D eigenvalue weighted by molar-refractivity contribution is 5.97. The van der Waals surface area contributed by atoms with Crippen molar-refractivity contribution in [3.63, 3.8) is 0 Å². The number of benzene rings is 1. The highest BCUT2D eigenvalue weighted by Crippen LogP contribution is 2.21. The standard InChI is InChI=1S/C24H33FN2O3/c1-8-9-18(14-21(28)19-10-12-20(25)13-11-19)15-22(26)27(17(4)16(2)3)23(29)30-24(5,6)7/h8-13,15-17H,1,14,26H2,2-7H3/b18-9-,22-15+. The Hall–Kier alpha value is -2.89.